The van der Waals surface area contributed by atoms with Crippen molar-refractivity contribution in [3.05, 3.63) is 34.7 Å². The Morgan fingerprint density at radius 2 is 2.31 bits per heavy atom. The number of carboxylic acids is 1. The first-order chi connectivity index (χ1) is 7.56. The highest BCUT2D eigenvalue weighted by atomic mass is 35.5. The number of carboxylic acid groups (broad SMARTS) is 1. The van der Waals surface area contributed by atoms with E-state index in [0.29, 0.717) is 17.1 Å². The third-order valence-electron chi connectivity index (χ3n) is 2.29. The Kier molecular flexibility index (Phi) is 2.83. The van der Waals surface area contributed by atoms with Crippen molar-refractivity contribution >= 4 is 23.2 Å². The molecule has 0 aliphatic carbocycles. The number of fused-ring (bicyclic) bond motifs is 1. The third-order valence-corrected chi connectivity index (χ3v) is 2.57. The molecule has 0 aromatic carbocycles. The topological polar surface area (TPSA) is 54.6 Å². The van der Waals surface area contributed by atoms with Crippen LogP contribution in [0.5, 0.6) is 0 Å². The molecule has 0 spiro atoms. The predicted octanol–water partition coefficient (Wildman–Crippen LogP) is 2.31. The highest BCUT2D eigenvalue weighted by Crippen LogP contribution is 2.19. The zero-order chi connectivity index (χ0) is 11.7. The minimum Gasteiger partial charge on any atom is -0.481 e. The standard InChI is InChI=1S/C11H11ClN2O2/c1-7-4-9(12)11-13-8(2-3-10(15)16)6-14(11)5-7/h4-6H,2-3H2,1H3,(H,15,16). The second kappa shape index (κ2) is 4.14. The largest absolute Gasteiger partial charge is 0.481 e. The van der Waals surface area contributed by atoms with Crippen molar-refractivity contribution in [1.29, 1.82) is 0 Å². The van der Waals surface area contributed by atoms with Crippen molar-refractivity contribution in [2.45, 2.75) is 19.8 Å². The number of hydrogen-bond donors (Lipinski definition) is 1. The number of hydrogen-bond acceptors (Lipinski definition) is 2. The molecule has 0 aliphatic rings. The number of nitrogens with zero attached hydrogens (tertiary/aromatic N) is 2. The van der Waals surface area contributed by atoms with Gasteiger partial charge in [-0.2, -0.15) is 0 Å². The fraction of sp³-hybridized carbons (Fsp3) is 0.273. The molecule has 0 saturated carbocycles. The van der Waals surface area contributed by atoms with Gasteiger partial charge in [0.1, 0.15) is 0 Å². The number of halogens is 1. The van der Waals surface area contributed by atoms with Crippen LogP contribution in [0.15, 0.2) is 18.5 Å². The maximum atomic E-state index is 10.4. The molecule has 16 heavy (non-hydrogen) atoms. The Bertz CT molecular complexity index is 548. The zero-order valence-electron chi connectivity index (χ0n) is 8.77. The van der Waals surface area contributed by atoms with E-state index >= 15 is 0 Å². The van der Waals surface area contributed by atoms with E-state index in [2.05, 4.69) is 4.98 Å². The number of imidazole rings is 1. The monoisotopic (exact) mass is 238 g/mol. The predicted molar refractivity (Wildman–Crippen MR) is 60.9 cm³/mol. The van der Waals surface area contributed by atoms with Crippen LogP contribution in [0.25, 0.3) is 5.65 Å². The molecule has 0 unspecified atom stereocenters. The van der Waals surface area contributed by atoms with Crippen LogP contribution in [-0.4, -0.2) is 20.5 Å². The lowest BCUT2D eigenvalue weighted by molar-refractivity contribution is -0.136. The lowest BCUT2D eigenvalue weighted by atomic mass is 10.2. The van der Waals surface area contributed by atoms with E-state index in [-0.39, 0.29) is 6.42 Å². The summed E-state index contributed by atoms with van der Waals surface area (Å²) in [6.07, 6.45) is 4.24. The highest BCUT2D eigenvalue weighted by molar-refractivity contribution is 6.33. The average molecular weight is 239 g/mol. The minimum absolute atomic E-state index is 0.0838. The van der Waals surface area contributed by atoms with Gasteiger partial charge in [-0.25, -0.2) is 4.98 Å². The van der Waals surface area contributed by atoms with Gasteiger partial charge in [0.15, 0.2) is 5.65 Å². The first kappa shape index (κ1) is 11.0. The maximum Gasteiger partial charge on any atom is 0.303 e. The van der Waals surface area contributed by atoms with Crippen molar-refractivity contribution in [3.8, 4) is 0 Å². The van der Waals surface area contributed by atoms with Crippen LogP contribution in [0, 0.1) is 6.92 Å². The molecule has 2 aromatic rings. The van der Waals surface area contributed by atoms with E-state index in [9.17, 15) is 4.79 Å². The van der Waals surface area contributed by atoms with Gasteiger partial charge in [-0.1, -0.05) is 11.6 Å². The summed E-state index contributed by atoms with van der Waals surface area (Å²) in [5.74, 6) is -0.820. The van der Waals surface area contributed by atoms with Crippen molar-refractivity contribution in [3.63, 3.8) is 0 Å². The van der Waals surface area contributed by atoms with E-state index in [0.717, 1.165) is 11.3 Å². The molecule has 0 amide bonds. The van der Waals surface area contributed by atoms with E-state index in [1.165, 1.54) is 0 Å². The van der Waals surface area contributed by atoms with Crippen LogP contribution in [0.3, 0.4) is 0 Å². The fourth-order valence-corrected chi connectivity index (χ4v) is 1.91. The van der Waals surface area contributed by atoms with Crippen LogP contribution < -0.4 is 0 Å². The number of carbonyl (C=O) groups is 1. The lowest BCUT2D eigenvalue weighted by Gasteiger charge is -1.97. The van der Waals surface area contributed by atoms with Crippen LogP contribution in [0.1, 0.15) is 17.7 Å². The molecule has 0 atom stereocenters. The molecule has 0 fully saturated rings. The molecule has 0 aliphatic heterocycles. The molecule has 84 valence electrons. The fourth-order valence-electron chi connectivity index (χ4n) is 1.60. The quantitative estimate of drug-likeness (QED) is 0.893. The molecule has 4 nitrogen and oxygen atoms in total. The summed E-state index contributed by atoms with van der Waals surface area (Å²) in [6, 6.07) is 1.84. The maximum absolute atomic E-state index is 10.4. The summed E-state index contributed by atoms with van der Waals surface area (Å²) < 4.78 is 1.83. The van der Waals surface area contributed by atoms with E-state index < -0.39 is 5.97 Å². The first-order valence-electron chi connectivity index (χ1n) is 4.92. The van der Waals surface area contributed by atoms with Crippen LogP contribution in [-0.2, 0) is 11.2 Å². The molecule has 0 saturated heterocycles. The Morgan fingerprint density at radius 3 is 3.00 bits per heavy atom. The van der Waals surface area contributed by atoms with E-state index in [1.807, 2.05) is 29.8 Å². The Hall–Kier alpha value is -1.55. The van der Waals surface area contributed by atoms with Crippen molar-refractivity contribution in [2.24, 2.45) is 0 Å². The number of aromatic nitrogens is 2. The smallest absolute Gasteiger partial charge is 0.303 e. The van der Waals surface area contributed by atoms with Crippen molar-refractivity contribution in [1.82, 2.24) is 9.38 Å². The highest BCUT2D eigenvalue weighted by Gasteiger charge is 2.07. The van der Waals surface area contributed by atoms with Gasteiger partial charge in [-0.3, -0.25) is 4.79 Å². The molecule has 2 aromatic heterocycles. The first-order valence-corrected chi connectivity index (χ1v) is 5.29. The number of aryl methyl sites for hydroxylation is 2. The van der Waals surface area contributed by atoms with Gasteiger partial charge in [0, 0.05) is 18.8 Å². The summed E-state index contributed by atoms with van der Waals surface area (Å²) in [4.78, 5) is 14.7. The van der Waals surface area contributed by atoms with Gasteiger partial charge < -0.3 is 9.51 Å². The second-order valence-corrected chi connectivity index (χ2v) is 4.13. The summed E-state index contributed by atoms with van der Waals surface area (Å²) >= 11 is 6.04. The van der Waals surface area contributed by atoms with Gasteiger partial charge in [0.2, 0.25) is 0 Å². The molecule has 5 heteroatoms. The van der Waals surface area contributed by atoms with Gasteiger partial charge in [0.25, 0.3) is 0 Å². The number of aliphatic carboxylic acids is 1. The normalized spacial score (nSPS) is 10.9. The molecule has 0 radical (unpaired) electrons. The van der Waals surface area contributed by atoms with Gasteiger partial charge in [-0.05, 0) is 18.6 Å². The second-order valence-electron chi connectivity index (χ2n) is 3.72. The third kappa shape index (κ3) is 2.17. The lowest BCUT2D eigenvalue weighted by Crippen LogP contribution is -1.97. The van der Waals surface area contributed by atoms with Crippen LogP contribution in [0.4, 0.5) is 0 Å². The Balaban J connectivity index is 2.36. The average Bonchev–Trinajstić information content (AvgIpc) is 2.57. The molecule has 1 N–H and O–H groups in total. The SMILES string of the molecule is Cc1cc(Cl)c2nc(CCC(=O)O)cn2c1. The van der Waals surface area contributed by atoms with E-state index in [4.69, 9.17) is 16.7 Å². The Morgan fingerprint density at radius 1 is 1.56 bits per heavy atom. The molecular formula is C11H11ClN2O2. The summed E-state index contributed by atoms with van der Waals surface area (Å²) in [5, 5.41) is 9.17. The van der Waals surface area contributed by atoms with Gasteiger partial charge >= 0.3 is 5.97 Å². The van der Waals surface area contributed by atoms with Gasteiger partial charge in [-0.15, -0.1) is 0 Å². The van der Waals surface area contributed by atoms with Crippen LogP contribution >= 0.6 is 11.6 Å². The summed E-state index contributed by atoms with van der Waals surface area (Å²) in [5.41, 5.74) is 2.46. The zero-order valence-corrected chi connectivity index (χ0v) is 9.53. The van der Waals surface area contributed by atoms with E-state index in [1.54, 1.807) is 0 Å². The number of rotatable bonds is 3. The molecule has 2 heterocycles. The molecule has 0 bridgehead atoms. The summed E-state index contributed by atoms with van der Waals surface area (Å²) in [7, 11) is 0. The van der Waals surface area contributed by atoms with Crippen LogP contribution in [0.2, 0.25) is 5.02 Å². The number of pyridine rings is 1. The Labute approximate surface area is 97.5 Å². The van der Waals surface area contributed by atoms with Crippen molar-refractivity contribution in [2.75, 3.05) is 0 Å². The van der Waals surface area contributed by atoms with Gasteiger partial charge in [0.05, 0.1) is 17.1 Å². The molecular weight excluding hydrogens is 228 g/mol. The summed E-state index contributed by atoms with van der Waals surface area (Å²) in [6.45, 7) is 1.95. The van der Waals surface area contributed by atoms with Crippen molar-refractivity contribution < 1.29 is 9.90 Å². The minimum atomic E-state index is -0.820. The molecule has 2 rings (SSSR count).